The monoisotopic (exact) mass is 456 g/mol. The molecule has 0 aromatic heterocycles. The maximum absolute atomic E-state index is 12.7. The Labute approximate surface area is 189 Å². The average molecular weight is 457 g/mol. The zero-order valence-corrected chi connectivity index (χ0v) is 19.8. The summed E-state index contributed by atoms with van der Waals surface area (Å²) in [6.07, 6.45) is 1.28. The normalized spacial score (nSPS) is 15.6. The molecule has 0 saturated heterocycles. The van der Waals surface area contributed by atoms with E-state index in [0.717, 1.165) is 15.4 Å². The summed E-state index contributed by atoms with van der Waals surface area (Å²) < 4.78 is 40.3. The summed E-state index contributed by atoms with van der Waals surface area (Å²) in [6, 6.07) is 14.9. The van der Waals surface area contributed by atoms with E-state index in [0.29, 0.717) is 5.75 Å². The van der Waals surface area contributed by atoms with Gasteiger partial charge in [0.25, 0.3) is 0 Å². The molecule has 0 aliphatic carbocycles. The Kier molecular flexibility index (Phi) is 6.74. The summed E-state index contributed by atoms with van der Waals surface area (Å²) in [5.74, 6) is 0.0419. The highest BCUT2D eigenvalue weighted by Gasteiger charge is 2.29. The molecule has 0 radical (unpaired) electrons. The van der Waals surface area contributed by atoms with Crippen molar-refractivity contribution in [3.63, 3.8) is 0 Å². The number of nitrogens with zero attached hydrogens (tertiary/aromatic N) is 2. The second-order valence-electron chi connectivity index (χ2n) is 8.61. The van der Waals surface area contributed by atoms with Crippen molar-refractivity contribution in [2.24, 2.45) is 4.40 Å². The molecule has 0 fully saturated rings. The summed E-state index contributed by atoms with van der Waals surface area (Å²) >= 11 is 0. The second-order valence-corrected chi connectivity index (χ2v) is 10.2. The molecule has 32 heavy (non-hydrogen) atoms. The van der Waals surface area contributed by atoms with E-state index < -0.39 is 16.2 Å². The van der Waals surface area contributed by atoms with Gasteiger partial charge in [0, 0.05) is 6.20 Å². The SMILES string of the molecule is COc1ccc(CN2C=C(C(=O)OCc3ccc(C(C)(C)C)cc3)C(C)=NS2(=O)=O)cc1. The minimum Gasteiger partial charge on any atom is -0.497 e. The van der Waals surface area contributed by atoms with Crippen LogP contribution >= 0.6 is 0 Å². The lowest BCUT2D eigenvalue weighted by molar-refractivity contribution is -0.139. The Hall–Kier alpha value is -3.13. The van der Waals surface area contributed by atoms with Crippen LogP contribution in [0.4, 0.5) is 0 Å². The van der Waals surface area contributed by atoms with Crippen molar-refractivity contribution in [3.05, 3.63) is 77.0 Å². The third-order valence-electron chi connectivity index (χ3n) is 5.12. The molecular weight excluding hydrogens is 428 g/mol. The lowest BCUT2D eigenvalue weighted by atomic mass is 9.87. The second kappa shape index (κ2) is 9.16. The summed E-state index contributed by atoms with van der Waals surface area (Å²) in [5, 5.41) is 0. The molecular formula is C24H28N2O5S. The number of hydrogen-bond donors (Lipinski definition) is 0. The maximum atomic E-state index is 12.7. The highest BCUT2D eigenvalue weighted by Crippen LogP contribution is 2.24. The fourth-order valence-electron chi connectivity index (χ4n) is 3.14. The quantitative estimate of drug-likeness (QED) is 0.610. The highest BCUT2D eigenvalue weighted by atomic mass is 32.2. The van der Waals surface area contributed by atoms with Crippen molar-refractivity contribution in [1.82, 2.24) is 4.31 Å². The van der Waals surface area contributed by atoms with Crippen molar-refractivity contribution in [2.75, 3.05) is 7.11 Å². The third-order valence-corrected chi connectivity index (χ3v) is 6.45. The van der Waals surface area contributed by atoms with Crippen LogP contribution in [0.15, 0.2) is 64.7 Å². The van der Waals surface area contributed by atoms with Crippen LogP contribution < -0.4 is 4.74 Å². The number of rotatable bonds is 6. The van der Waals surface area contributed by atoms with Gasteiger partial charge < -0.3 is 9.47 Å². The summed E-state index contributed by atoms with van der Waals surface area (Å²) in [7, 11) is -2.38. The largest absolute Gasteiger partial charge is 0.497 e. The number of benzene rings is 2. The lowest BCUT2D eigenvalue weighted by Gasteiger charge is -2.23. The van der Waals surface area contributed by atoms with E-state index in [1.54, 1.807) is 31.4 Å². The van der Waals surface area contributed by atoms with Gasteiger partial charge in [-0.05, 0) is 41.2 Å². The van der Waals surface area contributed by atoms with Gasteiger partial charge in [0.15, 0.2) is 0 Å². The molecule has 0 N–H and O–H groups in total. The smallest absolute Gasteiger partial charge is 0.344 e. The number of esters is 1. The molecule has 0 atom stereocenters. The van der Waals surface area contributed by atoms with Crippen molar-refractivity contribution in [2.45, 2.75) is 46.3 Å². The van der Waals surface area contributed by atoms with Gasteiger partial charge in [-0.3, -0.25) is 4.31 Å². The van der Waals surface area contributed by atoms with Crippen LogP contribution in [0.2, 0.25) is 0 Å². The molecule has 3 rings (SSSR count). The first-order valence-electron chi connectivity index (χ1n) is 10.2. The number of ether oxygens (including phenoxy) is 2. The van der Waals surface area contributed by atoms with E-state index in [2.05, 4.69) is 25.2 Å². The Morgan fingerprint density at radius 3 is 2.16 bits per heavy atom. The summed E-state index contributed by atoms with van der Waals surface area (Å²) in [6.45, 7) is 7.99. The molecule has 0 bridgehead atoms. The topological polar surface area (TPSA) is 85.3 Å². The lowest BCUT2D eigenvalue weighted by Crippen LogP contribution is -2.31. The number of hydrogen-bond acceptors (Lipinski definition) is 5. The Morgan fingerprint density at radius 2 is 1.59 bits per heavy atom. The van der Waals surface area contributed by atoms with Crippen molar-refractivity contribution in [1.29, 1.82) is 0 Å². The predicted octanol–water partition coefficient (Wildman–Crippen LogP) is 4.14. The molecule has 1 aliphatic rings. The number of carbonyl (C=O) groups is 1. The van der Waals surface area contributed by atoms with Crippen LogP contribution in [0.25, 0.3) is 0 Å². The zero-order valence-electron chi connectivity index (χ0n) is 19.0. The first-order valence-corrected chi connectivity index (χ1v) is 11.6. The Balaban J connectivity index is 1.73. The predicted molar refractivity (Wildman–Crippen MR) is 124 cm³/mol. The summed E-state index contributed by atoms with van der Waals surface area (Å²) in [4.78, 5) is 12.7. The third kappa shape index (κ3) is 5.56. The van der Waals surface area contributed by atoms with Crippen LogP contribution in [0.5, 0.6) is 5.75 Å². The molecule has 1 aliphatic heterocycles. The van der Waals surface area contributed by atoms with Gasteiger partial charge in [0.2, 0.25) is 0 Å². The number of carbonyl (C=O) groups excluding carboxylic acids is 1. The average Bonchev–Trinajstić information content (AvgIpc) is 2.73. The van der Waals surface area contributed by atoms with E-state index in [4.69, 9.17) is 9.47 Å². The summed E-state index contributed by atoms with van der Waals surface area (Å²) in [5.41, 5.74) is 3.01. The molecule has 170 valence electrons. The minimum atomic E-state index is -3.93. The molecule has 0 amide bonds. The van der Waals surface area contributed by atoms with Gasteiger partial charge in [-0.25, -0.2) is 4.79 Å². The van der Waals surface area contributed by atoms with E-state index in [9.17, 15) is 13.2 Å². The van der Waals surface area contributed by atoms with E-state index in [-0.39, 0.29) is 29.9 Å². The fourth-order valence-corrected chi connectivity index (χ4v) is 4.24. The molecule has 2 aromatic carbocycles. The van der Waals surface area contributed by atoms with Crippen LogP contribution in [-0.2, 0) is 38.3 Å². The first kappa shape index (κ1) is 23.5. The van der Waals surface area contributed by atoms with Gasteiger partial charge in [-0.15, -0.1) is 4.40 Å². The Bertz CT molecular complexity index is 1140. The van der Waals surface area contributed by atoms with Gasteiger partial charge >= 0.3 is 16.2 Å². The van der Waals surface area contributed by atoms with Crippen LogP contribution in [-0.4, -0.2) is 31.5 Å². The van der Waals surface area contributed by atoms with Gasteiger partial charge in [0.1, 0.15) is 12.4 Å². The molecule has 0 saturated carbocycles. The molecule has 7 nitrogen and oxygen atoms in total. The van der Waals surface area contributed by atoms with Crippen LogP contribution in [0.3, 0.4) is 0 Å². The van der Waals surface area contributed by atoms with Gasteiger partial charge in [-0.1, -0.05) is 57.2 Å². The van der Waals surface area contributed by atoms with Crippen LogP contribution in [0, 0.1) is 0 Å². The Morgan fingerprint density at radius 1 is 1.00 bits per heavy atom. The van der Waals surface area contributed by atoms with Crippen molar-refractivity contribution < 1.29 is 22.7 Å². The minimum absolute atomic E-state index is 0.0359. The molecule has 1 heterocycles. The van der Waals surface area contributed by atoms with Crippen molar-refractivity contribution in [3.8, 4) is 5.75 Å². The molecule has 2 aromatic rings. The zero-order chi connectivity index (χ0) is 23.5. The first-order chi connectivity index (χ1) is 15.0. The standard InChI is InChI=1S/C24H28N2O5S/c1-17-22(23(27)31-16-19-6-10-20(11-7-19)24(2,3)4)15-26(32(28,29)25-17)14-18-8-12-21(30-5)13-9-18/h6-13,15H,14,16H2,1-5H3. The van der Waals surface area contributed by atoms with Gasteiger partial charge in [-0.2, -0.15) is 8.42 Å². The molecule has 0 unspecified atom stereocenters. The van der Waals surface area contributed by atoms with E-state index in [1.165, 1.54) is 18.7 Å². The van der Waals surface area contributed by atoms with Crippen molar-refractivity contribution >= 4 is 21.9 Å². The maximum Gasteiger partial charge on any atom is 0.344 e. The van der Waals surface area contributed by atoms with E-state index in [1.807, 2.05) is 24.3 Å². The van der Waals surface area contributed by atoms with Crippen LogP contribution in [0.1, 0.15) is 44.4 Å². The number of methoxy groups -OCH3 is 1. The van der Waals surface area contributed by atoms with E-state index >= 15 is 0 Å². The fraction of sp³-hybridized carbons (Fsp3) is 0.333. The van der Waals surface area contributed by atoms with Gasteiger partial charge in [0.05, 0.1) is 24.9 Å². The molecule has 0 spiro atoms. The molecule has 8 heteroatoms. The highest BCUT2D eigenvalue weighted by molar-refractivity contribution is 7.88.